The van der Waals surface area contributed by atoms with Crippen molar-refractivity contribution in [1.82, 2.24) is 14.8 Å². The van der Waals surface area contributed by atoms with Crippen LogP contribution in [0.3, 0.4) is 0 Å². The summed E-state index contributed by atoms with van der Waals surface area (Å²) in [5.41, 5.74) is 1.24. The lowest BCUT2D eigenvalue weighted by Crippen LogP contribution is -2.62. The van der Waals surface area contributed by atoms with Crippen LogP contribution >= 0.6 is 0 Å². The molecule has 1 spiro atoms. The SMILES string of the molecule is CCCN1CCC[C@@]2(CCC(=O)N2Cc2ccncc2)[C@@H]1CC. The van der Waals surface area contributed by atoms with Gasteiger partial charge in [0.05, 0.1) is 5.54 Å². The fourth-order valence-corrected chi connectivity index (χ4v) is 4.81. The van der Waals surface area contributed by atoms with Gasteiger partial charge in [-0.2, -0.15) is 0 Å². The number of amides is 1. The maximum atomic E-state index is 12.7. The van der Waals surface area contributed by atoms with Gasteiger partial charge in [-0.05, 0) is 62.9 Å². The second-order valence-electron chi connectivity index (χ2n) is 7.00. The highest BCUT2D eigenvalue weighted by molar-refractivity contribution is 5.80. The molecule has 0 bridgehead atoms. The Labute approximate surface area is 139 Å². The second kappa shape index (κ2) is 7.00. The maximum absolute atomic E-state index is 12.7. The molecule has 4 heteroatoms. The highest BCUT2D eigenvalue weighted by Crippen LogP contribution is 2.44. The number of pyridine rings is 1. The molecular weight excluding hydrogens is 286 g/mol. The van der Waals surface area contributed by atoms with Crippen molar-refractivity contribution in [3.05, 3.63) is 30.1 Å². The summed E-state index contributed by atoms with van der Waals surface area (Å²) in [6.45, 7) is 7.61. The van der Waals surface area contributed by atoms with Crippen molar-refractivity contribution in [2.45, 2.75) is 70.5 Å². The Bertz CT molecular complexity index is 531. The summed E-state index contributed by atoms with van der Waals surface area (Å²) in [7, 11) is 0. The molecule has 23 heavy (non-hydrogen) atoms. The molecule has 0 saturated carbocycles. The Hall–Kier alpha value is -1.42. The van der Waals surface area contributed by atoms with Gasteiger partial charge in [0.1, 0.15) is 0 Å². The standard InChI is InChI=1S/C19H29N3O/c1-3-13-21-14-5-9-19(17(21)4-2)10-6-18(23)22(19)15-16-7-11-20-12-8-16/h7-8,11-12,17H,3-6,9-10,13-15H2,1-2H3/t17-,19+/m0/s1. The van der Waals surface area contributed by atoms with Crippen LogP contribution in [-0.2, 0) is 11.3 Å². The third kappa shape index (κ3) is 3.01. The number of hydrogen-bond donors (Lipinski definition) is 0. The predicted octanol–water partition coefficient (Wildman–Crippen LogP) is 3.23. The molecule has 2 aliphatic heterocycles. The molecule has 1 aromatic heterocycles. The molecule has 1 aromatic rings. The van der Waals surface area contributed by atoms with Crippen molar-refractivity contribution in [2.24, 2.45) is 0 Å². The van der Waals surface area contributed by atoms with E-state index in [0.717, 1.165) is 32.4 Å². The minimum atomic E-state index is 0.0442. The van der Waals surface area contributed by atoms with Crippen LogP contribution in [0.2, 0.25) is 0 Å². The molecule has 0 N–H and O–H groups in total. The van der Waals surface area contributed by atoms with Gasteiger partial charge >= 0.3 is 0 Å². The van der Waals surface area contributed by atoms with Crippen LogP contribution in [0.5, 0.6) is 0 Å². The number of carbonyl (C=O) groups is 1. The fraction of sp³-hybridized carbons (Fsp3) is 0.684. The lowest BCUT2D eigenvalue weighted by atomic mass is 9.77. The van der Waals surface area contributed by atoms with Gasteiger partial charge in [0.15, 0.2) is 0 Å². The topological polar surface area (TPSA) is 36.4 Å². The van der Waals surface area contributed by atoms with E-state index in [-0.39, 0.29) is 5.54 Å². The minimum absolute atomic E-state index is 0.0442. The number of piperidine rings is 1. The molecule has 3 heterocycles. The number of hydrogen-bond acceptors (Lipinski definition) is 3. The summed E-state index contributed by atoms with van der Waals surface area (Å²) in [5, 5.41) is 0. The summed E-state index contributed by atoms with van der Waals surface area (Å²) >= 11 is 0. The first-order chi connectivity index (χ1) is 11.2. The lowest BCUT2D eigenvalue weighted by Gasteiger charge is -2.52. The third-order valence-corrected chi connectivity index (χ3v) is 5.71. The van der Waals surface area contributed by atoms with Gasteiger partial charge in [-0.3, -0.25) is 14.7 Å². The third-order valence-electron chi connectivity index (χ3n) is 5.71. The summed E-state index contributed by atoms with van der Waals surface area (Å²) in [6.07, 6.45) is 10.1. The van der Waals surface area contributed by atoms with Crippen molar-refractivity contribution in [1.29, 1.82) is 0 Å². The highest BCUT2D eigenvalue weighted by atomic mass is 16.2. The van der Waals surface area contributed by atoms with E-state index in [2.05, 4.69) is 28.6 Å². The molecule has 126 valence electrons. The first kappa shape index (κ1) is 16.4. The zero-order valence-electron chi connectivity index (χ0n) is 14.5. The Balaban J connectivity index is 1.88. The van der Waals surface area contributed by atoms with Gasteiger partial charge in [-0.15, -0.1) is 0 Å². The van der Waals surface area contributed by atoms with Crippen molar-refractivity contribution in [2.75, 3.05) is 13.1 Å². The van der Waals surface area contributed by atoms with Gasteiger partial charge in [-0.1, -0.05) is 13.8 Å². The zero-order chi connectivity index (χ0) is 16.3. The van der Waals surface area contributed by atoms with Gasteiger partial charge in [0, 0.05) is 31.4 Å². The van der Waals surface area contributed by atoms with Crippen molar-refractivity contribution in [3.8, 4) is 0 Å². The molecular formula is C19H29N3O. The van der Waals surface area contributed by atoms with E-state index in [9.17, 15) is 4.79 Å². The van der Waals surface area contributed by atoms with Crippen LogP contribution in [0.15, 0.2) is 24.5 Å². The van der Waals surface area contributed by atoms with Gasteiger partial charge in [0.2, 0.25) is 5.91 Å². The van der Waals surface area contributed by atoms with E-state index in [0.29, 0.717) is 18.4 Å². The molecule has 2 aliphatic rings. The fourth-order valence-electron chi connectivity index (χ4n) is 4.81. The number of aromatic nitrogens is 1. The number of rotatable bonds is 5. The summed E-state index contributed by atoms with van der Waals surface area (Å²) in [5.74, 6) is 0.332. The van der Waals surface area contributed by atoms with Crippen LogP contribution in [-0.4, -0.2) is 45.4 Å². The largest absolute Gasteiger partial charge is 0.331 e. The summed E-state index contributed by atoms with van der Waals surface area (Å²) in [6, 6.07) is 4.57. The quantitative estimate of drug-likeness (QED) is 0.837. The summed E-state index contributed by atoms with van der Waals surface area (Å²) in [4.78, 5) is 21.6. The van der Waals surface area contributed by atoms with Crippen molar-refractivity contribution < 1.29 is 4.79 Å². The molecule has 4 nitrogen and oxygen atoms in total. The first-order valence-corrected chi connectivity index (χ1v) is 9.14. The van der Waals surface area contributed by atoms with E-state index in [1.165, 1.54) is 24.9 Å². The molecule has 1 amide bonds. The van der Waals surface area contributed by atoms with Crippen molar-refractivity contribution >= 4 is 5.91 Å². The molecule has 0 aromatic carbocycles. The normalized spacial score (nSPS) is 28.7. The lowest BCUT2D eigenvalue weighted by molar-refractivity contribution is -0.136. The van der Waals surface area contributed by atoms with E-state index >= 15 is 0 Å². The predicted molar refractivity (Wildman–Crippen MR) is 91.9 cm³/mol. The van der Waals surface area contributed by atoms with Gasteiger partial charge in [-0.25, -0.2) is 0 Å². The van der Waals surface area contributed by atoms with Crippen LogP contribution in [0, 0.1) is 0 Å². The molecule has 0 radical (unpaired) electrons. The van der Waals surface area contributed by atoms with Crippen LogP contribution < -0.4 is 0 Å². The van der Waals surface area contributed by atoms with E-state index in [1.54, 1.807) is 0 Å². The van der Waals surface area contributed by atoms with E-state index in [4.69, 9.17) is 0 Å². The Morgan fingerprint density at radius 2 is 2.04 bits per heavy atom. The van der Waals surface area contributed by atoms with E-state index < -0.39 is 0 Å². The Morgan fingerprint density at radius 1 is 1.26 bits per heavy atom. The molecule has 2 fully saturated rings. The number of nitrogens with zero attached hydrogens (tertiary/aromatic N) is 3. The Morgan fingerprint density at radius 3 is 2.74 bits per heavy atom. The maximum Gasteiger partial charge on any atom is 0.223 e. The van der Waals surface area contributed by atoms with Crippen LogP contribution in [0.1, 0.15) is 57.9 Å². The molecule has 3 rings (SSSR count). The molecule has 2 saturated heterocycles. The van der Waals surface area contributed by atoms with Gasteiger partial charge < -0.3 is 4.90 Å². The number of carbonyl (C=O) groups excluding carboxylic acids is 1. The van der Waals surface area contributed by atoms with Gasteiger partial charge in [0.25, 0.3) is 0 Å². The minimum Gasteiger partial charge on any atom is -0.331 e. The van der Waals surface area contributed by atoms with E-state index in [1.807, 2.05) is 24.5 Å². The molecule has 0 unspecified atom stereocenters. The Kier molecular flexibility index (Phi) is 5.00. The van der Waals surface area contributed by atoms with Crippen molar-refractivity contribution in [3.63, 3.8) is 0 Å². The van der Waals surface area contributed by atoms with Crippen LogP contribution in [0.25, 0.3) is 0 Å². The number of likely N-dealkylation sites (tertiary alicyclic amines) is 2. The second-order valence-corrected chi connectivity index (χ2v) is 7.00. The average Bonchev–Trinajstić information content (AvgIpc) is 2.87. The van der Waals surface area contributed by atoms with Crippen LogP contribution in [0.4, 0.5) is 0 Å². The average molecular weight is 315 g/mol. The smallest absolute Gasteiger partial charge is 0.223 e. The zero-order valence-corrected chi connectivity index (χ0v) is 14.5. The molecule has 2 atom stereocenters. The summed E-state index contributed by atoms with van der Waals surface area (Å²) < 4.78 is 0. The molecule has 0 aliphatic carbocycles. The first-order valence-electron chi connectivity index (χ1n) is 9.14. The highest BCUT2D eigenvalue weighted by Gasteiger charge is 2.52. The monoisotopic (exact) mass is 315 g/mol.